The Labute approximate surface area is 105 Å². The third kappa shape index (κ3) is 3.94. The van der Waals surface area contributed by atoms with Crippen molar-refractivity contribution in [3.8, 4) is 0 Å². The summed E-state index contributed by atoms with van der Waals surface area (Å²) in [7, 11) is 0. The molecule has 2 fully saturated rings. The molecule has 1 saturated heterocycles. The van der Waals surface area contributed by atoms with Crippen LogP contribution < -0.4 is 5.32 Å². The standard InChI is InChI=1S/C14H27NO2/c1-14(2)7-3-5-13(14)15-8-4-9-17-12-6-10-16-11-12/h12-13,15H,3-11H2,1-2H3/t12-,13-/m1/s1. The van der Waals surface area contributed by atoms with Crippen LogP contribution in [0.4, 0.5) is 0 Å². The van der Waals surface area contributed by atoms with Gasteiger partial charge >= 0.3 is 0 Å². The lowest BCUT2D eigenvalue weighted by molar-refractivity contribution is 0.0410. The molecule has 1 aliphatic heterocycles. The average molecular weight is 241 g/mol. The molecule has 1 heterocycles. The summed E-state index contributed by atoms with van der Waals surface area (Å²) in [6.07, 6.45) is 6.62. The fraction of sp³-hybridized carbons (Fsp3) is 1.00. The molecule has 17 heavy (non-hydrogen) atoms. The quantitative estimate of drug-likeness (QED) is 0.724. The molecule has 1 N–H and O–H groups in total. The second-order valence-corrected chi connectivity index (χ2v) is 6.10. The smallest absolute Gasteiger partial charge is 0.0830 e. The van der Waals surface area contributed by atoms with Crippen LogP contribution >= 0.6 is 0 Å². The average Bonchev–Trinajstić information content (AvgIpc) is 2.88. The number of rotatable bonds is 6. The summed E-state index contributed by atoms with van der Waals surface area (Å²) in [4.78, 5) is 0. The summed E-state index contributed by atoms with van der Waals surface area (Å²) in [5.74, 6) is 0. The van der Waals surface area contributed by atoms with Crippen molar-refractivity contribution in [2.24, 2.45) is 5.41 Å². The Bertz CT molecular complexity index is 224. The van der Waals surface area contributed by atoms with Crippen molar-refractivity contribution in [3.63, 3.8) is 0 Å². The molecule has 100 valence electrons. The summed E-state index contributed by atoms with van der Waals surface area (Å²) in [5.41, 5.74) is 0.486. The van der Waals surface area contributed by atoms with Crippen LogP contribution in [0.25, 0.3) is 0 Å². The Balaban J connectivity index is 1.51. The monoisotopic (exact) mass is 241 g/mol. The predicted octanol–water partition coefficient (Wildman–Crippen LogP) is 2.35. The van der Waals surface area contributed by atoms with E-state index in [4.69, 9.17) is 9.47 Å². The lowest BCUT2D eigenvalue weighted by Crippen LogP contribution is -2.38. The summed E-state index contributed by atoms with van der Waals surface area (Å²) >= 11 is 0. The van der Waals surface area contributed by atoms with E-state index in [9.17, 15) is 0 Å². The highest BCUT2D eigenvalue weighted by atomic mass is 16.5. The van der Waals surface area contributed by atoms with Crippen molar-refractivity contribution >= 4 is 0 Å². The lowest BCUT2D eigenvalue weighted by atomic mass is 9.87. The first-order valence-corrected chi connectivity index (χ1v) is 7.11. The van der Waals surface area contributed by atoms with Crippen LogP contribution in [0.2, 0.25) is 0 Å². The maximum Gasteiger partial charge on any atom is 0.0830 e. The summed E-state index contributed by atoms with van der Waals surface area (Å²) < 4.78 is 11.0. The van der Waals surface area contributed by atoms with Gasteiger partial charge in [-0.05, 0) is 37.6 Å². The highest BCUT2D eigenvalue weighted by Crippen LogP contribution is 2.36. The molecule has 1 aliphatic carbocycles. The van der Waals surface area contributed by atoms with Crippen molar-refractivity contribution in [1.29, 1.82) is 0 Å². The molecule has 2 rings (SSSR count). The fourth-order valence-electron chi connectivity index (χ4n) is 2.95. The van der Waals surface area contributed by atoms with Crippen LogP contribution in [-0.4, -0.2) is 38.5 Å². The minimum atomic E-state index is 0.359. The third-order valence-corrected chi connectivity index (χ3v) is 4.21. The van der Waals surface area contributed by atoms with Crippen LogP contribution in [-0.2, 0) is 9.47 Å². The zero-order valence-electron chi connectivity index (χ0n) is 11.3. The summed E-state index contributed by atoms with van der Waals surface area (Å²) in [6.45, 7) is 8.38. The molecule has 3 heteroatoms. The lowest BCUT2D eigenvalue weighted by Gasteiger charge is -2.28. The normalized spacial score (nSPS) is 32.1. The van der Waals surface area contributed by atoms with E-state index in [-0.39, 0.29) is 0 Å². The molecule has 0 radical (unpaired) electrons. The van der Waals surface area contributed by atoms with E-state index in [2.05, 4.69) is 19.2 Å². The third-order valence-electron chi connectivity index (χ3n) is 4.21. The van der Waals surface area contributed by atoms with Gasteiger partial charge in [-0.1, -0.05) is 20.3 Å². The number of ether oxygens (including phenoxy) is 2. The van der Waals surface area contributed by atoms with Crippen LogP contribution in [0.3, 0.4) is 0 Å². The van der Waals surface area contributed by atoms with Gasteiger partial charge in [0.2, 0.25) is 0 Å². The zero-order chi connectivity index (χ0) is 12.1. The SMILES string of the molecule is CC1(C)CCC[C@H]1NCCCO[C@@H]1CCOC1. The zero-order valence-corrected chi connectivity index (χ0v) is 11.3. The van der Waals surface area contributed by atoms with Gasteiger partial charge in [0.15, 0.2) is 0 Å². The first-order valence-electron chi connectivity index (χ1n) is 7.11. The molecule has 3 nitrogen and oxygen atoms in total. The van der Waals surface area contributed by atoms with Crippen LogP contribution in [0.5, 0.6) is 0 Å². The van der Waals surface area contributed by atoms with Crippen molar-refractivity contribution in [2.75, 3.05) is 26.4 Å². The van der Waals surface area contributed by atoms with Gasteiger partial charge in [0, 0.05) is 19.3 Å². The van der Waals surface area contributed by atoms with E-state index in [1.54, 1.807) is 0 Å². The van der Waals surface area contributed by atoms with Gasteiger partial charge < -0.3 is 14.8 Å². The number of nitrogens with one attached hydrogen (secondary N) is 1. The number of hydrogen-bond donors (Lipinski definition) is 1. The van der Waals surface area contributed by atoms with E-state index in [0.717, 1.165) is 39.2 Å². The van der Waals surface area contributed by atoms with Gasteiger partial charge in [-0.3, -0.25) is 0 Å². The highest BCUT2D eigenvalue weighted by Gasteiger charge is 2.33. The molecule has 2 aliphatic rings. The molecule has 2 atom stereocenters. The van der Waals surface area contributed by atoms with E-state index in [1.165, 1.54) is 19.3 Å². The first-order chi connectivity index (χ1) is 8.18. The predicted molar refractivity (Wildman–Crippen MR) is 69.2 cm³/mol. The Morgan fingerprint density at radius 2 is 2.24 bits per heavy atom. The molecular formula is C14H27NO2. The number of hydrogen-bond acceptors (Lipinski definition) is 3. The molecule has 0 aromatic rings. The second kappa shape index (κ2) is 6.17. The van der Waals surface area contributed by atoms with Gasteiger partial charge in [-0.15, -0.1) is 0 Å². The topological polar surface area (TPSA) is 30.5 Å². The second-order valence-electron chi connectivity index (χ2n) is 6.10. The van der Waals surface area contributed by atoms with Crippen LogP contribution in [0, 0.1) is 5.41 Å². The Kier molecular flexibility index (Phi) is 4.83. The van der Waals surface area contributed by atoms with Gasteiger partial charge in [-0.2, -0.15) is 0 Å². The Morgan fingerprint density at radius 3 is 2.88 bits per heavy atom. The van der Waals surface area contributed by atoms with Crippen molar-refractivity contribution < 1.29 is 9.47 Å². The maximum absolute atomic E-state index is 5.75. The van der Waals surface area contributed by atoms with E-state index >= 15 is 0 Å². The Hall–Kier alpha value is -0.120. The minimum absolute atomic E-state index is 0.359. The van der Waals surface area contributed by atoms with Gasteiger partial charge in [-0.25, -0.2) is 0 Å². The summed E-state index contributed by atoms with van der Waals surface area (Å²) in [5, 5.41) is 3.69. The maximum atomic E-state index is 5.75. The highest BCUT2D eigenvalue weighted by molar-refractivity contribution is 4.89. The molecule has 0 spiro atoms. The molecular weight excluding hydrogens is 214 g/mol. The van der Waals surface area contributed by atoms with Crippen molar-refractivity contribution in [3.05, 3.63) is 0 Å². The van der Waals surface area contributed by atoms with Crippen LogP contribution in [0.1, 0.15) is 46.0 Å². The Morgan fingerprint density at radius 1 is 1.35 bits per heavy atom. The summed E-state index contributed by atoms with van der Waals surface area (Å²) in [6, 6.07) is 0.706. The van der Waals surface area contributed by atoms with Gasteiger partial charge in [0.05, 0.1) is 12.7 Å². The van der Waals surface area contributed by atoms with Crippen molar-refractivity contribution in [1.82, 2.24) is 5.32 Å². The van der Waals surface area contributed by atoms with E-state index in [0.29, 0.717) is 17.6 Å². The minimum Gasteiger partial charge on any atom is -0.379 e. The molecule has 0 aromatic heterocycles. The van der Waals surface area contributed by atoms with E-state index in [1.807, 2.05) is 0 Å². The van der Waals surface area contributed by atoms with Gasteiger partial charge in [0.25, 0.3) is 0 Å². The largest absolute Gasteiger partial charge is 0.379 e. The first kappa shape index (κ1) is 13.3. The molecule has 0 bridgehead atoms. The van der Waals surface area contributed by atoms with Gasteiger partial charge in [0.1, 0.15) is 0 Å². The fourth-order valence-corrected chi connectivity index (χ4v) is 2.95. The molecule has 1 saturated carbocycles. The van der Waals surface area contributed by atoms with Crippen molar-refractivity contribution in [2.45, 2.75) is 58.1 Å². The van der Waals surface area contributed by atoms with Crippen LogP contribution in [0.15, 0.2) is 0 Å². The molecule has 0 unspecified atom stereocenters. The molecule has 0 aromatic carbocycles. The molecule has 0 amide bonds. The van der Waals surface area contributed by atoms with E-state index < -0.39 is 0 Å².